The topological polar surface area (TPSA) is 37.3 Å². The molecule has 1 aliphatic rings. The van der Waals surface area contributed by atoms with E-state index in [1.54, 1.807) is 0 Å². The molecule has 1 fully saturated rings. The molecule has 1 unspecified atom stereocenters. The van der Waals surface area contributed by atoms with E-state index in [1.807, 2.05) is 0 Å². The molecule has 0 spiro atoms. The Bertz CT molecular complexity index is 291. The summed E-state index contributed by atoms with van der Waals surface area (Å²) >= 11 is 0. The number of aliphatic carboxylic acids is 1. The average molecular weight is 208 g/mol. The minimum absolute atomic E-state index is 0.00766. The first kappa shape index (κ1) is 12.0. The van der Waals surface area contributed by atoms with Crippen molar-refractivity contribution in [3.05, 3.63) is 24.3 Å². The SMILES string of the molecule is C=C(CC1(CC)CCCCC1=C)C(=O)O. The first-order valence-electron chi connectivity index (χ1n) is 5.61. The molecule has 2 nitrogen and oxygen atoms in total. The lowest BCUT2D eigenvalue weighted by Gasteiger charge is -2.39. The van der Waals surface area contributed by atoms with E-state index in [-0.39, 0.29) is 5.41 Å². The van der Waals surface area contributed by atoms with Crippen molar-refractivity contribution in [2.24, 2.45) is 5.41 Å². The van der Waals surface area contributed by atoms with Gasteiger partial charge in [0.05, 0.1) is 0 Å². The van der Waals surface area contributed by atoms with Crippen molar-refractivity contribution in [3.63, 3.8) is 0 Å². The van der Waals surface area contributed by atoms with Crippen molar-refractivity contribution in [2.45, 2.75) is 45.4 Å². The van der Waals surface area contributed by atoms with Crippen molar-refractivity contribution in [1.82, 2.24) is 0 Å². The van der Waals surface area contributed by atoms with E-state index in [1.165, 1.54) is 18.4 Å². The van der Waals surface area contributed by atoms with Gasteiger partial charge in [0.1, 0.15) is 0 Å². The van der Waals surface area contributed by atoms with Crippen LogP contribution < -0.4 is 0 Å². The summed E-state index contributed by atoms with van der Waals surface area (Å²) in [6.45, 7) is 9.87. The largest absolute Gasteiger partial charge is 0.478 e. The Morgan fingerprint density at radius 1 is 1.53 bits per heavy atom. The number of hydrogen-bond acceptors (Lipinski definition) is 1. The summed E-state index contributed by atoms with van der Waals surface area (Å²) < 4.78 is 0. The fourth-order valence-electron chi connectivity index (χ4n) is 2.49. The molecule has 15 heavy (non-hydrogen) atoms. The van der Waals surface area contributed by atoms with Gasteiger partial charge in [-0.25, -0.2) is 4.79 Å². The van der Waals surface area contributed by atoms with Crippen molar-refractivity contribution >= 4 is 5.97 Å². The standard InChI is InChI=1S/C13H20O2/c1-4-13(9-10(2)12(14)15)8-6-5-7-11(13)3/h2-9H2,1H3,(H,14,15). The quantitative estimate of drug-likeness (QED) is 0.566. The fraction of sp³-hybridized carbons (Fsp3) is 0.615. The Kier molecular flexibility index (Phi) is 3.72. The first-order valence-corrected chi connectivity index (χ1v) is 5.61. The average Bonchev–Trinajstić information content (AvgIpc) is 2.21. The lowest BCUT2D eigenvalue weighted by molar-refractivity contribution is -0.133. The van der Waals surface area contributed by atoms with Gasteiger partial charge in [0.25, 0.3) is 0 Å². The van der Waals surface area contributed by atoms with E-state index in [2.05, 4.69) is 20.1 Å². The van der Waals surface area contributed by atoms with Crippen LogP contribution in [0.3, 0.4) is 0 Å². The van der Waals surface area contributed by atoms with Gasteiger partial charge in [-0.05, 0) is 37.5 Å². The van der Waals surface area contributed by atoms with Crippen LogP contribution in [0.5, 0.6) is 0 Å². The van der Waals surface area contributed by atoms with Crippen molar-refractivity contribution in [1.29, 1.82) is 0 Å². The van der Waals surface area contributed by atoms with Crippen LogP contribution in [0, 0.1) is 5.41 Å². The summed E-state index contributed by atoms with van der Waals surface area (Å²) in [5, 5.41) is 8.88. The number of carbonyl (C=O) groups is 1. The second kappa shape index (κ2) is 4.65. The van der Waals surface area contributed by atoms with Crippen LogP contribution in [0.4, 0.5) is 0 Å². The zero-order chi connectivity index (χ0) is 11.5. The van der Waals surface area contributed by atoms with E-state index in [0.717, 1.165) is 19.3 Å². The summed E-state index contributed by atoms with van der Waals surface area (Å²) in [6.07, 6.45) is 6.02. The van der Waals surface area contributed by atoms with E-state index >= 15 is 0 Å². The van der Waals surface area contributed by atoms with Crippen LogP contribution in [0.2, 0.25) is 0 Å². The molecular weight excluding hydrogens is 188 g/mol. The predicted molar refractivity (Wildman–Crippen MR) is 61.7 cm³/mol. The monoisotopic (exact) mass is 208 g/mol. The molecule has 0 aromatic carbocycles. The Hall–Kier alpha value is -1.05. The smallest absolute Gasteiger partial charge is 0.330 e. The maximum Gasteiger partial charge on any atom is 0.330 e. The van der Waals surface area contributed by atoms with Crippen LogP contribution >= 0.6 is 0 Å². The maximum absolute atomic E-state index is 10.8. The zero-order valence-electron chi connectivity index (χ0n) is 9.51. The number of carboxylic acids is 1. The molecule has 0 aromatic heterocycles. The van der Waals surface area contributed by atoms with E-state index in [9.17, 15) is 4.79 Å². The molecule has 1 aliphatic carbocycles. The molecule has 1 saturated carbocycles. The third kappa shape index (κ3) is 2.49. The van der Waals surface area contributed by atoms with Crippen LogP contribution in [0.1, 0.15) is 45.4 Å². The molecule has 84 valence electrons. The highest BCUT2D eigenvalue weighted by molar-refractivity contribution is 5.85. The summed E-state index contributed by atoms with van der Waals surface area (Å²) in [6, 6.07) is 0. The van der Waals surface area contributed by atoms with Crippen LogP contribution in [0.25, 0.3) is 0 Å². The molecule has 0 aromatic rings. The molecule has 0 saturated heterocycles. The highest BCUT2D eigenvalue weighted by Crippen LogP contribution is 2.46. The molecule has 0 bridgehead atoms. The van der Waals surface area contributed by atoms with Crippen molar-refractivity contribution in [2.75, 3.05) is 0 Å². The van der Waals surface area contributed by atoms with Gasteiger partial charge in [-0.15, -0.1) is 0 Å². The van der Waals surface area contributed by atoms with Crippen LogP contribution in [-0.2, 0) is 4.79 Å². The summed E-state index contributed by atoms with van der Waals surface area (Å²) in [5.74, 6) is -0.874. The van der Waals surface area contributed by atoms with Gasteiger partial charge in [-0.1, -0.05) is 32.1 Å². The summed E-state index contributed by atoms with van der Waals surface area (Å²) in [4.78, 5) is 10.8. The molecule has 1 rings (SSSR count). The van der Waals surface area contributed by atoms with Crippen LogP contribution in [-0.4, -0.2) is 11.1 Å². The molecule has 1 atom stereocenters. The molecule has 0 radical (unpaired) electrons. The predicted octanol–water partition coefficient (Wildman–Crippen LogP) is 3.54. The van der Waals surface area contributed by atoms with E-state index in [0.29, 0.717) is 12.0 Å². The number of allylic oxidation sites excluding steroid dienone is 1. The lowest BCUT2D eigenvalue weighted by atomic mass is 9.66. The van der Waals surface area contributed by atoms with Gasteiger partial charge < -0.3 is 5.11 Å². The maximum atomic E-state index is 10.8. The molecule has 0 heterocycles. The second-order valence-electron chi connectivity index (χ2n) is 4.53. The van der Waals surface area contributed by atoms with Crippen molar-refractivity contribution < 1.29 is 9.90 Å². The highest BCUT2D eigenvalue weighted by atomic mass is 16.4. The molecule has 0 aliphatic heterocycles. The molecule has 2 heteroatoms. The molecule has 0 amide bonds. The number of rotatable bonds is 4. The Labute approximate surface area is 91.7 Å². The van der Waals surface area contributed by atoms with Crippen LogP contribution in [0.15, 0.2) is 24.3 Å². The molecule has 1 N–H and O–H groups in total. The third-order valence-corrected chi connectivity index (χ3v) is 3.66. The third-order valence-electron chi connectivity index (χ3n) is 3.66. The van der Waals surface area contributed by atoms with Gasteiger partial charge in [-0.3, -0.25) is 0 Å². The first-order chi connectivity index (χ1) is 7.02. The minimum atomic E-state index is -0.874. The van der Waals surface area contributed by atoms with Gasteiger partial charge >= 0.3 is 5.97 Å². The minimum Gasteiger partial charge on any atom is -0.478 e. The normalized spacial score (nSPS) is 26.3. The number of carboxylic acid groups (broad SMARTS) is 1. The Morgan fingerprint density at radius 2 is 2.20 bits per heavy atom. The number of hydrogen-bond donors (Lipinski definition) is 1. The molecular formula is C13H20O2. The van der Waals surface area contributed by atoms with Gasteiger partial charge in [-0.2, -0.15) is 0 Å². The summed E-state index contributed by atoms with van der Waals surface area (Å²) in [7, 11) is 0. The summed E-state index contributed by atoms with van der Waals surface area (Å²) in [5.41, 5.74) is 1.55. The Morgan fingerprint density at radius 3 is 2.67 bits per heavy atom. The zero-order valence-corrected chi connectivity index (χ0v) is 9.51. The van der Waals surface area contributed by atoms with Gasteiger partial charge in [0.15, 0.2) is 0 Å². The second-order valence-corrected chi connectivity index (χ2v) is 4.53. The Balaban J connectivity index is 2.79. The van der Waals surface area contributed by atoms with Gasteiger partial charge in [0.2, 0.25) is 0 Å². The fourth-order valence-corrected chi connectivity index (χ4v) is 2.49. The van der Waals surface area contributed by atoms with E-state index < -0.39 is 5.97 Å². The highest BCUT2D eigenvalue weighted by Gasteiger charge is 2.34. The lowest BCUT2D eigenvalue weighted by Crippen LogP contribution is -2.27. The van der Waals surface area contributed by atoms with E-state index in [4.69, 9.17) is 5.11 Å². The van der Waals surface area contributed by atoms with Gasteiger partial charge in [0, 0.05) is 5.57 Å². The van der Waals surface area contributed by atoms with Crippen molar-refractivity contribution in [3.8, 4) is 0 Å².